The Hall–Kier alpha value is -1.32. The van der Waals surface area contributed by atoms with Crippen molar-refractivity contribution < 1.29 is 0 Å². The van der Waals surface area contributed by atoms with E-state index in [2.05, 4.69) is 66.3 Å². The van der Waals surface area contributed by atoms with E-state index in [0.29, 0.717) is 0 Å². The third kappa shape index (κ3) is 3.34. The van der Waals surface area contributed by atoms with Gasteiger partial charge in [-0.15, -0.1) is 0 Å². The van der Waals surface area contributed by atoms with E-state index in [1.807, 2.05) is 0 Å². The van der Waals surface area contributed by atoms with Gasteiger partial charge in [0.1, 0.15) is 0 Å². The first-order chi connectivity index (χ1) is 8.66. The third-order valence-electron chi connectivity index (χ3n) is 3.06. The zero-order valence-corrected chi connectivity index (χ0v) is 12.1. The normalized spacial score (nSPS) is 10.6. The smallest absolute Gasteiger partial charge is 0.0361 e. The van der Waals surface area contributed by atoms with E-state index < -0.39 is 0 Å². The van der Waals surface area contributed by atoms with Crippen molar-refractivity contribution in [3.05, 3.63) is 51.7 Å². The number of benzene rings is 1. The first-order valence-electron chi connectivity index (χ1n) is 6.15. The summed E-state index contributed by atoms with van der Waals surface area (Å²) in [6.45, 7) is 4.03. The fraction of sp³-hybridized carbons (Fsp3) is 0.333. The maximum Gasteiger partial charge on any atom is 0.0361 e. The number of hydrogen-bond acceptors (Lipinski definition) is 3. The van der Waals surface area contributed by atoms with Gasteiger partial charge in [-0.05, 0) is 46.5 Å². The van der Waals surface area contributed by atoms with E-state index in [1.165, 1.54) is 22.4 Å². The molecule has 0 bridgehead atoms. The lowest BCUT2D eigenvalue weighted by atomic mass is 10.2. The van der Waals surface area contributed by atoms with Crippen LogP contribution in [-0.4, -0.2) is 14.1 Å². The van der Waals surface area contributed by atoms with Gasteiger partial charge >= 0.3 is 0 Å². The molecule has 0 amide bonds. The van der Waals surface area contributed by atoms with Crippen LogP contribution in [0, 0.1) is 6.92 Å². The van der Waals surface area contributed by atoms with Gasteiger partial charge in [0.05, 0.1) is 0 Å². The lowest BCUT2D eigenvalue weighted by Crippen LogP contribution is -2.13. The maximum absolute atomic E-state index is 3.49. The van der Waals surface area contributed by atoms with Crippen LogP contribution in [-0.2, 0) is 13.1 Å². The molecule has 2 nitrogen and oxygen atoms in total. The Morgan fingerprint density at radius 1 is 1.06 bits per heavy atom. The van der Waals surface area contributed by atoms with Crippen LogP contribution in [0.5, 0.6) is 0 Å². The highest BCUT2D eigenvalue weighted by Gasteiger charge is 1.99. The minimum Gasteiger partial charge on any atom is -0.378 e. The number of nitrogens with one attached hydrogen (secondary N) is 1. The standard InChI is InChI=1S/C15H20N2S/c1-12-10-18-11-14(12)9-16-8-13-4-6-15(7-5-13)17(2)3/h4-7,10-11,16H,8-9H2,1-3H3. The van der Waals surface area contributed by atoms with Gasteiger partial charge in [-0.2, -0.15) is 11.3 Å². The quantitative estimate of drug-likeness (QED) is 0.886. The van der Waals surface area contributed by atoms with Crippen LogP contribution in [0.25, 0.3) is 0 Å². The Labute approximate surface area is 113 Å². The molecule has 18 heavy (non-hydrogen) atoms. The van der Waals surface area contributed by atoms with Crippen LogP contribution in [0.1, 0.15) is 16.7 Å². The van der Waals surface area contributed by atoms with E-state index in [-0.39, 0.29) is 0 Å². The second kappa shape index (κ2) is 6.03. The van der Waals surface area contributed by atoms with Gasteiger partial charge in [-0.25, -0.2) is 0 Å². The molecule has 0 spiro atoms. The van der Waals surface area contributed by atoms with Crippen molar-refractivity contribution in [2.75, 3.05) is 19.0 Å². The van der Waals surface area contributed by atoms with Gasteiger partial charge in [0.25, 0.3) is 0 Å². The molecule has 0 saturated heterocycles. The van der Waals surface area contributed by atoms with Crippen molar-refractivity contribution in [2.45, 2.75) is 20.0 Å². The Bertz CT molecular complexity index is 485. The van der Waals surface area contributed by atoms with E-state index in [4.69, 9.17) is 0 Å². The molecule has 1 aromatic heterocycles. The van der Waals surface area contributed by atoms with E-state index in [9.17, 15) is 0 Å². The van der Waals surface area contributed by atoms with Gasteiger partial charge in [-0.3, -0.25) is 0 Å². The fourth-order valence-electron chi connectivity index (χ4n) is 1.82. The number of rotatable bonds is 5. The zero-order chi connectivity index (χ0) is 13.0. The molecular formula is C15H20N2S. The predicted molar refractivity (Wildman–Crippen MR) is 80.4 cm³/mol. The molecule has 2 rings (SSSR count). The molecule has 0 atom stereocenters. The first kappa shape index (κ1) is 13.1. The van der Waals surface area contributed by atoms with Crippen molar-refractivity contribution in [3.63, 3.8) is 0 Å². The summed E-state index contributed by atoms with van der Waals surface area (Å²) in [5.41, 5.74) is 5.36. The summed E-state index contributed by atoms with van der Waals surface area (Å²) in [7, 11) is 4.12. The minimum atomic E-state index is 0.920. The van der Waals surface area contributed by atoms with E-state index >= 15 is 0 Å². The summed E-state index contributed by atoms with van der Waals surface area (Å²) in [6, 6.07) is 8.69. The fourth-order valence-corrected chi connectivity index (χ4v) is 2.68. The predicted octanol–water partition coefficient (Wildman–Crippen LogP) is 3.41. The summed E-state index contributed by atoms with van der Waals surface area (Å²) in [5.74, 6) is 0. The van der Waals surface area contributed by atoms with Crippen molar-refractivity contribution in [1.29, 1.82) is 0 Å². The average Bonchev–Trinajstić information content (AvgIpc) is 2.76. The molecule has 2 aromatic rings. The number of aryl methyl sites for hydroxylation is 1. The van der Waals surface area contributed by atoms with Gasteiger partial charge in [-0.1, -0.05) is 12.1 Å². The van der Waals surface area contributed by atoms with Crippen molar-refractivity contribution >= 4 is 17.0 Å². The van der Waals surface area contributed by atoms with Gasteiger partial charge in [0, 0.05) is 32.9 Å². The molecule has 0 saturated carbocycles. The molecule has 0 aliphatic heterocycles. The molecule has 0 fully saturated rings. The van der Waals surface area contributed by atoms with Crippen LogP contribution < -0.4 is 10.2 Å². The lowest BCUT2D eigenvalue weighted by molar-refractivity contribution is 0.692. The van der Waals surface area contributed by atoms with Crippen LogP contribution in [0.3, 0.4) is 0 Å². The van der Waals surface area contributed by atoms with Crippen LogP contribution >= 0.6 is 11.3 Å². The summed E-state index contributed by atoms with van der Waals surface area (Å²) in [5, 5.41) is 7.90. The number of hydrogen-bond donors (Lipinski definition) is 1. The molecule has 0 radical (unpaired) electrons. The van der Waals surface area contributed by atoms with Crippen molar-refractivity contribution in [2.24, 2.45) is 0 Å². The first-order valence-corrected chi connectivity index (χ1v) is 7.10. The van der Waals surface area contributed by atoms with Crippen LogP contribution in [0.2, 0.25) is 0 Å². The molecule has 3 heteroatoms. The Morgan fingerprint density at radius 3 is 2.33 bits per heavy atom. The molecule has 0 aliphatic carbocycles. The molecule has 1 N–H and O–H groups in total. The third-order valence-corrected chi connectivity index (χ3v) is 3.97. The average molecular weight is 260 g/mol. The van der Waals surface area contributed by atoms with Crippen molar-refractivity contribution in [1.82, 2.24) is 5.32 Å². The summed E-state index contributed by atoms with van der Waals surface area (Å²) in [4.78, 5) is 2.12. The summed E-state index contributed by atoms with van der Waals surface area (Å²) >= 11 is 1.77. The van der Waals surface area contributed by atoms with Crippen LogP contribution in [0.4, 0.5) is 5.69 Å². The van der Waals surface area contributed by atoms with Gasteiger partial charge in [0.15, 0.2) is 0 Å². The Kier molecular flexibility index (Phi) is 4.39. The summed E-state index contributed by atoms with van der Waals surface area (Å²) < 4.78 is 0. The maximum atomic E-state index is 3.49. The zero-order valence-electron chi connectivity index (χ0n) is 11.2. The monoisotopic (exact) mass is 260 g/mol. The highest BCUT2D eigenvalue weighted by Crippen LogP contribution is 2.14. The van der Waals surface area contributed by atoms with E-state index in [1.54, 1.807) is 11.3 Å². The van der Waals surface area contributed by atoms with Gasteiger partial charge < -0.3 is 10.2 Å². The topological polar surface area (TPSA) is 15.3 Å². The molecule has 0 unspecified atom stereocenters. The Morgan fingerprint density at radius 2 is 1.78 bits per heavy atom. The molecule has 1 aromatic carbocycles. The number of anilines is 1. The minimum absolute atomic E-state index is 0.920. The summed E-state index contributed by atoms with van der Waals surface area (Å²) in [6.07, 6.45) is 0. The Balaban J connectivity index is 1.85. The second-order valence-electron chi connectivity index (χ2n) is 4.74. The van der Waals surface area contributed by atoms with Crippen molar-refractivity contribution in [3.8, 4) is 0 Å². The molecular weight excluding hydrogens is 240 g/mol. The molecule has 96 valence electrons. The lowest BCUT2D eigenvalue weighted by Gasteiger charge is -2.12. The second-order valence-corrected chi connectivity index (χ2v) is 5.49. The number of nitrogens with zero attached hydrogens (tertiary/aromatic N) is 1. The largest absolute Gasteiger partial charge is 0.378 e. The molecule has 1 heterocycles. The highest BCUT2D eigenvalue weighted by atomic mass is 32.1. The van der Waals surface area contributed by atoms with Gasteiger partial charge in [0.2, 0.25) is 0 Å². The highest BCUT2D eigenvalue weighted by molar-refractivity contribution is 7.08. The molecule has 0 aliphatic rings. The number of thiophene rings is 1. The van der Waals surface area contributed by atoms with E-state index in [0.717, 1.165) is 13.1 Å². The SMILES string of the molecule is Cc1cscc1CNCc1ccc(N(C)C)cc1. The van der Waals surface area contributed by atoms with Crippen LogP contribution in [0.15, 0.2) is 35.0 Å².